The van der Waals surface area contributed by atoms with Crippen molar-refractivity contribution in [2.24, 2.45) is 0 Å². The normalized spacial score (nSPS) is 11.4. The van der Waals surface area contributed by atoms with E-state index in [2.05, 4.69) is 0 Å². The second-order valence-corrected chi connectivity index (χ2v) is 4.40. The van der Waals surface area contributed by atoms with Gasteiger partial charge in [0.1, 0.15) is 5.56 Å². The van der Waals surface area contributed by atoms with Crippen LogP contribution >= 0.6 is 22.6 Å². The van der Waals surface area contributed by atoms with Crippen LogP contribution in [-0.2, 0) is 6.18 Å². The first-order valence-corrected chi connectivity index (χ1v) is 5.28. The highest BCUT2D eigenvalue weighted by Crippen LogP contribution is 2.37. The average molecular weight is 359 g/mol. The summed E-state index contributed by atoms with van der Waals surface area (Å²) in [7, 11) is 0. The van der Waals surface area contributed by atoms with E-state index >= 15 is 0 Å². The molecule has 1 rings (SSSR count). The number of Topliss-reactive ketones (excluding diaryl/α,β-unsaturated/α-hetero) is 1. The van der Waals surface area contributed by atoms with Crippen molar-refractivity contribution in [2.45, 2.75) is 13.1 Å². The van der Waals surface area contributed by atoms with Gasteiger partial charge < -0.3 is 0 Å². The molecule has 0 fully saturated rings. The summed E-state index contributed by atoms with van der Waals surface area (Å²) in [5.41, 5.74) is -3.00. The van der Waals surface area contributed by atoms with Crippen LogP contribution in [0.1, 0.15) is 22.8 Å². The molecule has 4 nitrogen and oxygen atoms in total. The van der Waals surface area contributed by atoms with Crippen molar-refractivity contribution < 1.29 is 22.9 Å². The molecule has 0 aliphatic rings. The molecule has 0 bridgehead atoms. The molecule has 0 saturated carbocycles. The first kappa shape index (κ1) is 13.9. The molecule has 1 aromatic carbocycles. The van der Waals surface area contributed by atoms with Crippen molar-refractivity contribution >= 4 is 34.1 Å². The monoisotopic (exact) mass is 359 g/mol. The highest BCUT2D eigenvalue weighted by atomic mass is 127. The van der Waals surface area contributed by atoms with Gasteiger partial charge in [-0.25, -0.2) is 0 Å². The zero-order valence-corrected chi connectivity index (χ0v) is 10.5. The number of nitro benzene ring substituents is 1. The van der Waals surface area contributed by atoms with Crippen LogP contribution in [0.25, 0.3) is 0 Å². The van der Waals surface area contributed by atoms with Crippen molar-refractivity contribution in [1.82, 2.24) is 0 Å². The molecule has 0 unspecified atom stereocenters. The van der Waals surface area contributed by atoms with Crippen LogP contribution in [-0.4, -0.2) is 10.7 Å². The number of carbonyl (C=O) groups is 1. The Morgan fingerprint density at radius 2 is 1.94 bits per heavy atom. The molecule has 0 saturated heterocycles. The largest absolute Gasteiger partial charge is 0.417 e. The minimum atomic E-state index is -4.80. The molecule has 0 aromatic heterocycles. The predicted octanol–water partition coefficient (Wildman–Crippen LogP) is 3.42. The standard InChI is InChI=1S/C9H5F3INO3/c1-4(15)8-6(9(10,11)12)2-5(13)3-7(8)14(16)17/h2-3H,1H3. The van der Waals surface area contributed by atoms with Gasteiger partial charge in [0.25, 0.3) is 5.69 Å². The van der Waals surface area contributed by atoms with Gasteiger partial charge in [0.2, 0.25) is 0 Å². The SMILES string of the molecule is CC(=O)c1c([N+](=O)[O-])cc(I)cc1C(F)(F)F. The van der Waals surface area contributed by atoms with E-state index < -0.39 is 33.7 Å². The van der Waals surface area contributed by atoms with Crippen LogP contribution < -0.4 is 0 Å². The first-order chi connectivity index (χ1) is 7.64. The second-order valence-electron chi connectivity index (χ2n) is 3.16. The smallest absolute Gasteiger partial charge is 0.294 e. The quantitative estimate of drug-likeness (QED) is 0.352. The lowest BCUT2D eigenvalue weighted by Crippen LogP contribution is -2.14. The maximum absolute atomic E-state index is 12.7. The Bertz CT molecular complexity index is 499. The van der Waals surface area contributed by atoms with E-state index in [0.717, 1.165) is 13.0 Å². The highest BCUT2D eigenvalue weighted by molar-refractivity contribution is 14.1. The molecule has 1 aromatic rings. The molecular formula is C9H5F3INO3. The van der Waals surface area contributed by atoms with Crippen molar-refractivity contribution in [1.29, 1.82) is 0 Å². The third-order valence-electron chi connectivity index (χ3n) is 1.94. The van der Waals surface area contributed by atoms with Gasteiger partial charge in [-0.05, 0) is 35.6 Å². The maximum atomic E-state index is 12.7. The summed E-state index contributed by atoms with van der Waals surface area (Å²) < 4.78 is 38.0. The summed E-state index contributed by atoms with van der Waals surface area (Å²) in [6, 6.07) is 1.65. The summed E-state index contributed by atoms with van der Waals surface area (Å²) in [5.74, 6) is -0.986. The van der Waals surface area contributed by atoms with Crippen LogP contribution in [0.2, 0.25) is 0 Å². The van der Waals surface area contributed by atoms with Crippen LogP contribution in [0, 0.1) is 13.7 Å². The van der Waals surface area contributed by atoms with Crippen LogP contribution in [0.3, 0.4) is 0 Å². The Kier molecular flexibility index (Phi) is 3.74. The number of halogens is 4. The molecule has 0 spiro atoms. The van der Waals surface area contributed by atoms with Gasteiger partial charge in [-0.2, -0.15) is 13.2 Å². The van der Waals surface area contributed by atoms with E-state index in [1.54, 1.807) is 0 Å². The number of nitrogens with zero attached hydrogens (tertiary/aromatic N) is 1. The van der Waals surface area contributed by atoms with Crippen molar-refractivity contribution in [3.8, 4) is 0 Å². The Hall–Kier alpha value is -1.19. The summed E-state index contributed by atoms with van der Waals surface area (Å²) >= 11 is 1.53. The zero-order valence-electron chi connectivity index (χ0n) is 8.34. The van der Waals surface area contributed by atoms with Crippen molar-refractivity contribution in [3.63, 3.8) is 0 Å². The summed E-state index contributed by atoms with van der Waals surface area (Å²) in [6.07, 6.45) is -4.80. The summed E-state index contributed by atoms with van der Waals surface area (Å²) in [6.45, 7) is 0.866. The fourth-order valence-electron chi connectivity index (χ4n) is 1.33. The Labute approximate surface area is 107 Å². The highest BCUT2D eigenvalue weighted by Gasteiger charge is 2.38. The zero-order chi connectivity index (χ0) is 13.4. The van der Waals surface area contributed by atoms with Gasteiger partial charge in [-0.3, -0.25) is 14.9 Å². The lowest BCUT2D eigenvalue weighted by Gasteiger charge is -2.11. The second kappa shape index (κ2) is 4.59. The molecule has 0 N–H and O–H groups in total. The molecule has 0 aliphatic heterocycles. The number of nitro groups is 1. The Morgan fingerprint density at radius 3 is 2.29 bits per heavy atom. The minimum Gasteiger partial charge on any atom is -0.294 e. The number of benzene rings is 1. The van der Waals surface area contributed by atoms with Crippen LogP contribution in [0.5, 0.6) is 0 Å². The lowest BCUT2D eigenvalue weighted by atomic mass is 10.0. The van der Waals surface area contributed by atoms with E-state index in [1.807, 2.05) is 0 Å². The van der Waals surface area contributed by atoms with Gasteiger partial charge in [-0.1, -0.05) is 0 Å². The molecule has 17 heavy (non-hydrogen) atoms. The van der Waals surface area contributed by atoms with Gasteiger partial charge in [0, 0.05) is 9.64 Å². The number of alkyl halides is 3. The number of ketones is 1. The van der Waals surface area contributed by atoms with Gasteiger partial charge in [-0.15, -0.1) is 0 Å². The number of carbonyl (C=O) groups excluding carboxylic acids is 1. The van der Waals surface area contributed by atoms with E-state index in [9.17, 15) is 28.1 Å². The fraction of sp³-hybridized carbons (Fsp3) is 0.222. The molecule has 0 amide bonds. The first-order valence-electron chi connectivity index (χ1n) is 4.20. The molecule has 8 heteroatoms. The number of rotatable bonds is 2. The average Bonchev–Trinajstić information content (AvgIpc) is 2.14. The Balaban J connectivity index is 3.70. The van der Waals surface area contributed by atoms with Crippen molar-refractivity contribution in [2.75, 3.05) is 0 Å². The molecule has 0 radical (unpaired) electrons. The molecule has 0 aliphatic carbocycles. The van der Waals surface area contributed by atoms with Gasteiger partial charge in [0.15, 0.2) is 5.78 Å². The summed E-state index contributed by atoms with van der Waals surface area (Å²) in [5, 5.41) is 10.6. The molecular weight excluding hydrogens is 354 g/mol. The molecule has 92 valence electrons. The topological polar surface area (TPSA) is 60.2 Å². The predicted molar refractivity (Wildman–Crippen MR) is 60.8 cm³/mol. The molecule has 0 atom stereocenters. The third-order valence-corrected chi connectivity index (χ3v) is 2.56. The van der Waals surface area contributed by atoms with Gasteiger partial charge in [0.05, 0.1) is 10.5 Å². The van der Waals surface area contributed by atoms with Crippen LogP contribution in [0.4, 0.5) is 18.9 Å². The van der Waals surface area contributed by atoms with E-state index in [0.29, 0.717) is 6.07 Å². The number of hydrogen-bond donors (Lipinski definition) is 0. The number of hydrogen-bond acceptors (Lipinski definition) is 3. The van der Waals surface area contributed by atoms with Crippen molar-refractivity contribution in [3.05, 3.63) is 36.9 Å². The van der Waals surface area contributed by atoms with Gasteiger partial charge >= 0.3 is 6.18 Å². The Morgan fingerprint density at radius 1 is 1.41 bits per heavy atom. The van der Waals surface area contributed by atoms with E-state index in [1.165, 1.54) is 22.6 Å². The van der Waals surface area contributed by atoms with E-state index in [-0.39, 0.29) is 3.57 Å². The fourth-order valence-corrected chi connectivity index (χ4v) is 1.94. The summed E-state index contributed by atoms with van der Waals surface area (Å²) in [4.78, 5) is 20.8. The maximum Gasteiger partial charge on any atom is 0.417 e. The minimum absolute atomic E-state index is 0.0478. The molecule has 0 heterocycles. The van der Waals surface area contributed by atoms with Crippen LogP contribution in [0.15, 0.2) is 12.1 Å². The lowest BCUT2D eigenvalue weighted by molar-refractivity contribution is -0.385. The van der Waals surface area contributed by atoms with E-state index in [4.69, 9.17) is 0 Å². The third kappa shape index (κ3) is 2.93.